The summed E-state index contributed by atoms with van der Waals surface area (Å²) in [6.45, 7) is 3.71. The molecular formula is C14H17BrN2O2. The van der Waals surface area contributed by atoms with Crippen LogP contribution in [0.3, 0.4) is 0 Å². The van der Waals surface area contributed by atoms with Crippen LogP contribution < -0.4 is 15.8 Å². The van der Waals surface area contributed by atoms with E-state index in [0.29, 0.717) is 5.75 Å². The van der Waals surface area contributed by atoms with Crippen LogP contribution in [0.1, 0.15) is 25.5 Å². The van der Waals surface area contributed by atoms with Crippen molar-refractivity contribution in [2.75, 3.05) is 6.54 Å². The van der Waals surface area contributed by atoms with E-state index in [-0.39, 0.29) is 18.5 Å². The Labute approximate surface area is 121 Å². The number of nitrogens with two attached hydrogens (primary N) is 1. The summed E-state index contributed by atoms with van der Waals surface area (Å²) < 4.78 is 6.55. The smallest absolute Gasteiger partial charge is 0.261 e. The van der Waals surface area contributed by atoms with Gasteiger partial charge in [0.2, 0.25) is 0 Å². The molecule has 0 aliphatic rings. The Morgan fingerprint density at radius 3 is 2.84 bits per heavy atom. The van der Waals surface area contributed by atoms with E-state index in [1.165, 1.54) is 0 Å². The Bertz CT molecular complexity index is 495. The van der Waals surface area contributed by atoms with Gasteiger partial charge in [-0.3, -0.25) is 4.79 Å². The Morgan fingerprint density at radius 1 is 1.58 bits per heavy atom. The molecule has 0 heterocycles. The van der Waals surface area contributed by atoms with Gasteiger partial charge >= 0.3 is 0 Å². The van der Waals surface area contributed by atoms with Crippen molar-refractivity contribution in [1.82, 2.24) is 5.32 Å². The quantitative estimate of drug-likeness (QED) is 0.814. The van der Waals surface area contributed by atoms with Crippen LogP contribution in [0.2, 0.25) is 0 Å². The fourth-order valence-electron chi connectivity index (χ4n) is 1.51. The van der Waals surface area contributed by atoms with E-state index in [4.69, 9.17) is 16.9 Å². The van der Waals surface area contributed by atoms with Crippen molar-refractivity contribution in [2.24, 2.45) is 5.73 Å². The van der Waals surface area contributed by atoms with E-state index >= 15 is 0 Å². The molecule has 2 atom stereocenters. The molecule has 0 bridgehead atoms. The summed E-state index contributed by atoms with van der Waals surface area (Å²) in [4.78, 5) is 11.7. The third kappa shape index (κ3) is 4.58. The molecule has 1 amide bonds. The van der Waals surface area contributed by atoms with E-state index in [1.807, 2.05) is 19.1 Å². The second-order valence-electron chi connectivity index (χ2n) is 4.15. The molecule has 1 rings (SSSR count). The average Bonchev–Trinajstić information content (AvgIpc) is 2.37. The Morgan fingerprint density at radius 2 is 2.26 bits per heavy atom. The Balaban J connectivity index is 2.82. The van der Waals surface area contributed by atoms with Crippen LogP contribution >= 0.6 is 15.9 Å². The lowest BCUT2D eigenvalue weighted by molar-refractivity contribution is -0.127. The molecule has 1 aromatic carbocycles. The number of amides is 1. The normalized spacial score (nSPS) is 13.2. The zero-order valence-corrected chi connectivity index (χ0v) is 12.5. The minimum Gasteiger partial charge on any atom is -0.481 e. The number of nitrogens with one attached hydrogen (secondary N) is 1. The highest BCUT2D eigenvalue weighted by Crippen LogP contribution is 2.28. The molecule has 3 N–H and O–H groups in total. The second-order valence-corrected chi connectivity index (χ2v) is 5.07. The molecule has 0 saturated carbocycles. The van der Waals surface area contributed by atoms with Gasteiger partial charge in [0.25, 0.3) is 5.91 Å². The highest BCUT2D eigenvalue weighted by atomic mass is 79.9. The van der Waals surface area contributed by atoms with E-state index < -0.39 is 6.10 Å². The number of halogens is 1. The van der Waals surface area contributed by atoms with Gasteiger partial charge in [-0.25, -0.2) is 0 Å². The number of carbonyl (C=O) groups is 1. The number of terminal acetylenes is 1. The number of hydrogen-bond donors (Lipinski definition) is 2. The lowest BCUT2D eigenvalue weighted by Gasteiger charge is -2.18. The largest absolute Gasteiger partial charge is 0.481 e. The maximum Gasteiger partial charge on any atom is 0.261 e. The zero-order valence-electron chi connectivity index (χ0n) is 10.9. The summed E-state index contributed by atoms with van der Waals surface area (Å²) in [6, 6.07) is 5.32. The van der Waals surface area contributed by atoms with Gasteiger partial charge < -0.3 is 15.8 Å². The Hall–Kier alpha value is -1.51. The van der Waals surface area contributed by atoms with Crippen molar-refractivity contribution >= 4 is 21.8 Å². The molecule has 0 aromatic heterocycles. The molecule has 102 valence electrons. The SMILES string of the molecule is C#CCNC(=O)C(C)Oc1ccc(Br)cc1[C@H](C)N. The van der Waals surface area contributed by atoms with Gasteiger partial charge in [0.15, 0.2) is 6.10 Å². The minimum absolute atomic E-state index is 0.187. The van der Waals surface area contributed by atoms with Gasteiger partial charge in [0.1, 0.15) is 5.75 Å². The van der Waals surface area contributed by atoms with Gasteiger partial charge in [-0.05, 0) is 32.0 Å². The molecule has 1 unspecified atom stereocenters. The minimum atomic E-state index is -0.632. The Kier molecular flexibility index (Phi) is 5.87. The van der Waals surface area contributed by atoms with Crippen molar-refractivity contribution < 1.29 is 9.53 Å². The molecule has 0 spiro atoms. The van der Waals surface area contributed by atoms with Crippen LogP contribution in [-0.4, -0.2) is 18.6 Å². The van der Waals surface area contributed by atoms with Crippen molar-refractivity contribution in [3.8, 4) is 18.1 Å². The van der Waals surface area contributed by atoms with Crippen LogP contribution in [0.4, 0.5) is 0 Å². The number of benzene rings is 1. The van der Waals surface area contributed by atoms with E-state index in [1.54, 1.807) is 13.0 Å². The topological polar surface area (TPSA) is 64.3 Å². The van der Waals surface area contributed by atoms with Crippen molar-refractivity contribution in [3.05, 3.63) is 28.2 Å². The predicted molar refractivity (Wildman–Crippen MR) is 78.7 cm³/mol. The first kappa shape index (κ1) is 15.5. The van der Waals surface area contributed by atoms with Crippen LogP contribution in [0.5, 0.6) is 5.75 Å². The maximum absolute atomic E-state index is 11.7. The molecule has 0 saturated heterocycles. The number of hydrogen-bond acceptors (Lipinski definition) is 3. The summed E-state index contributed by atoms with van der Waals surface area (Å²) in [5, 5.41) is 2.57. The van der Waals surface area contributed by atoms with Crippen LogP contribution in [0, 0.1) is 12.3 Å². The fourth-order valence-corrected chi connectivity index (χ4v) is 1.89. The third-order valence-corrected chi connectivity index (χ3v) is 2.99. The average molecular weight is 325 g/mol. The number of carbonyl (C=O) groups excluding carboxylic acids is 1. The number of ether oxygens (including phenoxy) is 1. The molecule has 5 heteroatoms. The lowest BCUT2D eigenvalue weighted by Crippen LogP contribution is -2.36. The van der Waals surface area contributed by atoms with E-state index in [9.17, 15) is 4.79 Å². The molecule has 19 heavy (non-hydrogen) atoms. The van der Waals surface area contributed by atoms with Crippen molar-refractivity contribution in [1.29, 1.82) is 0 Å². The third-order valence-electron chi connectivity index (χ3n) is 2.50. The molecule has 1 aromatic rings. The molecule has 0 radical (unpaired) electrons. The van der Waals surface area contributed by atoms with Gasteiger partial charge in [-0.2, -0.15) is 0 Å². The van der Waals surface area contributed by atoms with E-state index in [2.05, 4.69) is 27.2 Å². The molecule has 0 aliphatic heterocycles. The maximum atomic E-state index is 11.7. The van der Waals surface area contributed by atoms with Gasteiger partial charge in [-0.1, -0.05) is 21.9 Å². The van der Waals surface area contributed by atoms with Crippen LogP contribution in [0.25, 0.3) is 0 Å². The van der Waals surface area contributed by atoms with Gasteiger partial charge in [0, 0.05) is 16.1 Å². The van der Waals surface area contributed by atoms with Crippen molar-refractivity contribution in [3.63, 3.8) is 0 Å². The van der Waals surface area contributed by atoms with Crippen molar-refractivity contribution in [2.45, 2.75) is 26.0 Å². The summed E-state index contributed by atoms with van der Waals surface area (Å²) in [7, 11) is 0. The summed E-state index contributed by atoms with van der Waals surface area (Å²) in [6.07, 6.45) is 4.45. The van der Waals surface area contributed by atoms with E-state index in [0.717, 1.165) is 10.0 Å². The fraction of sp³-hybridized carbons (Fsp3) is 0.357. The van der Waals surface area contributed by atoms with Gasteiger partial charge in [0.05, 0.1) is 6.54 Å². The van der Waals surface area contributed by atoms with Crippen LogP contribution in [0.15, 0.2) is 22.7 Å². The zero-order chi connectivity index (χ0) is 14.4. The molecule has 0 fully saturated rings. The highest BCUT2D eigenvalue weighted by Gasteiger charge is 2.17. The molecule has 4 nitrogen and oxygen atoms in total. The molecule has 0 aliphatic carbocycles. The lowest BCUT2D eigenvalue weighted by atomic mass is 10.1. The molecular weight excluding hydrogens is 308 g/mol. The summed E-state index contributed by atoms with van der Waals surface area (Å²) in [5.74, 6) is 2.69. The monoisotopic (exact) mass is 324 g/mol. The standard InChI is InChI=1S/C14H17BrN2O2/c1-4-7-17-14(18)10(3)19-13-6-5-11(15)8-12(13)9(2)16/h1,5-6,8-10H,7,16H2,2-3H3,(H,17,18)/t9-,10?/m0/s1. The van der Waals surface area contributed by atoms with Crippen LogP contribution in [-0.2, 0) is 4.79 Å². The predicted octanol–water partition coefficient (Wildman–Crippen LogP) is 1.99. The summed E-state index contributed by atoms with van der Waals surface area (Å²) >= 11 is 3.38. The first-order chi connectivity index (χ1) is 8.95. The number of rotatable bonds is 5. The first-order valence-electron chi connectivity index (χ1n) is 5.88. The first-order valence-corrected chi connectivity index (χ1v) is 6.68. The highest BCUT2D eigenvalue weighted by molar-refractivity contribution is 9.10. The second kappa shape index (κ2) is 7.17. The summed E-state index contributed by atoms with van der Waals surface area (Å²) in [5.41, 5.74) is 6.73. The van der Waals surface area contributed by atoms with Gasteiger partial charge in [-0.15, -0.1) is 6.42 Å².